The lowest BCUT2D eigenvalue weighted by Crippen LogP contribution is -2.39. The lowest BCUT2D eigenvalue weighted by atomic mass is 9.85. The number of nitriles is 1. The van der Waals surface area contributed by atoms with Gasteiger partial charge >= 0.3 is 0 Å². The average molecular weight is 247 g/mol. The highest BCUT2D eigenvalue weighted by Gasteiger charge is 2.23. The predicted octanol–water partition coefficient (Wildman–Crippen LogP) is 1.54. The lowest BCUT2D eigenvalue weighted by molar-refractivity contribution is 0.152. The first-order chi connectivity index (χ1) is 8.74. The van der Waals surface area contributed by atoms with Crippen molar-refractivity contribution >= 4 is 0 Å². The molecule has 1 aromatic heterocycles. The van der Waals surface area contributed by atoms with Gasteiger partial charge in [-0.15, -0.1) is 0 Å². The Bertz CT molecular complexity index is 433. The van der Waals surface area contributed by atoms with Crippen LogP contribution in [0.4, 0.5) is 0 Å². The van der Waals surface area contributed by atoms with E-state index < -0.39 is 0 Å². The van der Waals surface area contributed by atoms with E-state index in [4.69, 9.17) is 5.26 Å². The van der Waals surface area contributed by atoms with E-state index in [1.807, 2.05) is 23.9 Å². The molecule has 1 heterocycles. The first kappa shape index (κ1) is 13.1. The summed E-state index contributed by atoms with van der Waals surface area (Å²) < 4.78 is 1.85. The summed E-state index contributed by atoms with van der Waals surface area (Å²) in [6, 6.07) is 4.50. The zero-order valence-corrected chi connectivity index (χ0v) is 10.9. The summed E-state index contributed by atoms with van der Waals surface area (Å²) in [6.45, 7) is 1.05. The molecule has 0 spiro atoms. The Balaban J connectivity index is 1.92. The SMILES string of the molecule is Cn1cc(CNC2CCCCC2CO)cc1C#N. The molecule has 98 valence electrons. The van der Waals surface area contributed by atoms with Crippen LogP contribution in [0.15, 0.2) is 12.3 Å². The van der Waals surface area contributed by atoms with Crippen LogP contribution in [0.25, 0.3) is 0 Å². The number of aromatic nitrogens is 1. The minimum absolute atomic E-state index is 0.274. The van der Waals surface area contributed by atoms with Crippen LogP contribution >= 0.6 is 0 Å². The lowest BCUT2D eigenvalue weighted by Gasteiger charge is -2.30. The van der Waals surface area contributed by atoms with Crippen LogP contribution in [0.2, 0.25) is 0 Å². The van der Waals surface area contributed by atoms with Gasteiger partial charge < -0.3 is 15.0 Å². The van der Waals surface area contributed by atoms with Gasteiger partial charge in [-0.1, -0.05) is 12.8 Å². The van der Waals surface area contributed by atoms with E-state index in [0.717, 1.165) is 24.9 Å². The Kier molecular flexibility index (Phi) is 4.40. The summed E-state index contributed by atoms with van der Waals surface area (Å²) in [5.74, 6) is 0.387. The Morgan fingerprint density at radius 1 is 1.50 bits per heavy atom. The van der Waals surface area contributed by atoms with E-state index in [9.17, 15) is 5.11 Å². The minimum atomic E-state index is 0.274. The molecule has 2 N–H and O–H groups in total. The molecule has 1 aliphatic carbocycles. The highest BCUT2D eigenvalue weighted by atomic mass is 16.3. The molecule has 18 heavy (non-hydrogen) atoms. The van der Waals surface area contributed by atoms with Crippen LogP contribution in [0.1, 0.15) is 36.9 Å². The number of aliphatic hydroxyl groups is 1. The van der Waals surface area contributed by atoms with Crippen molar-refractivity contribution in [3.63, 3.8) is 0 Å². The van der Waals surface area contributed by atoms with Crippen molar-refractivity contribution in [1.29, 1.82) is 5.26 Å². The zero-order valence-electron chi connectivity index (χ0n) is 10.9. The second-order valence-electron chi connectivity index (χ2n) is 5.17. The van der Waals surface area contributed by atoms with Crippen molar-refractivity contribution < 1.29 is 5.11 Å². The van der Waals surface area contributed by atoms with Gasteiger partial charge in [0.05, 0.1) is 0 Å². The summed E-state index contributed by atoms with van der Waals surface area (Å²) in [5.41, 5.74) is 1.82. The fourth-order valence-corrected chi connectivity index (χ4v) is 2.78. The average Bonchev–Trinajstić information content (AvgIpc) is 2.77. The van der Waals surface area contributed by atoms with Gasteiger partial charge in [-0.25, -0.2) is 0 Å². The van der Waals surface area contributed by atoms with Gasteiger partial charge in [-0.3, -0.25) is 0 Å². The first-order valence-electron chi connectivity index (χ1n) is 6.64. The standard InChI is InChI=1S/C14H21N3O/c1-17-9-11(6-13(17)7-15)8-16-14-5-3-2-4-12(14)10-18/h6,9,12,14,16,18H,2-5,8,10H2,1H3. The van der Waals surface area contributed by atoms with Crippen LogP contribution in [-0.2, 0) is 13.6 Å². The van der Waals surface area contributed by atoms with E-state index >= 15 is 0 Å². The molecule has 2 rings (SSSR count). The molecular formula is C14H21N3O. The molecule has 1 saturated carbocycles. The molecule has 2 atom stereocenters. The quantitative estimate of drug-likeness (QED) is 0.848. The third-order valence-corrected chi connectivity index (χ3v) is 3.89. The van der Waals surface area contributed by atoms with Crippen molar-refractivity contribution in [3.8, 4) is 6.07 Å². The molecule has 0 saturated heterocycles. The number of aliphatic hydroxyl groups excluding tert-OH is 1. The molecule has 0 aliphatic heterocycles. The zero-order chi connectivity index (χ0) is 13.0. The van der Waals surface area contributed by atoms with Crippen LogP contribution < -0.4 is 5.32 Å². The maximum atomic E-state index is 9.36. The first-order valence-corrected chi connectivity index (χ1v) is 6.64. The highest BCUT2D eigenvalue weighted by Crippen LogP contribution is 2.24. The highest BCUT2D eigenvalue weighted by molar-refractivity contribution is 5.28. The molecule has 1 fully saturated rings. The number of nitrogens with zero attached hydrogens (tertiary/aromatic N) is 2. The van der Waals surface area contributed by atoms with Crippen molar-refractivity contribution in [2.24, 2.45) is 13.0 Å². The number of hydrogen-bond donors (Lipinski definition) is 2. The van der Waals surface area contributed by atoms with E-state index in [-0.39, 0.29) is 6.61 Å². The third-order valence-electron chi connectivity index (χ3n) is 3.89. The Hall–Kier alpha value is -1.31. The third kappa shape index (κ3) is 2.92. The molecule has 4 nitrogen and oxygen atoms in total. The van der Waals surface area contributed by atoms with Crippen LogP contribution in [0.3, 0.4) is 0 Å². The van der Waals surface area contributed by atoms with E-state index in [1.54, 1.807) is 0 Å². The normalized spacial score (nSPS) is 23.8. The van der Waals surface area contributed by atoms with E-state index in [0.29, 0.717) is 17.7 Å². The van der Waals surface area contributed by atoms with Crippen molar-refractivity contribution in [1.82, 2.24) is 9.88 Å². The second-order valence-corrected chi connectivity index (χ2v) is 5.17. The summed E-state index contributed by atoms with van der Waals surface area (Å²) >= 11 is 0. The predicted molar refractivity (Wildman–Crippen MR) is 69.8 cm³/mol. The molecule has 2 unspecified atom stereocenters. The van der Waals surface area contributed by atoms with Crippen LogP contribution in [0, 0.1) is 17.2 Å². The summed E-state index contributed by atoms with van der Waals surface area (Å²) in [4.78, 5) is 0. The maximum absolute atomic E-state index is 9.36. The summed E-state index contributed by atoms with van der Waals surface area (Å²) in [7, 11) is 1.89. The molecular weight excluding hydrogens is 226 g/mol. The van der Waals surface area contributed by atoms with Crippen molar-refractivity contribution in [2.75, 3.05) is 6.61 Å². The number of hydrogen-bond acceptors (Lipinski definition) is 3. The topological polar surface area (TPSA) is 61.0 Å². The number of rotatable bonds is 4. The van der Waals surface area contributed by atoms with Gasteiger partial charge in [-0.2, -0.15) is 5.26 Å². The fourth-order valence-electron chi connectivity index (χ4n) is 2.78. The van der Waals surface area contributed by atoms with E-state index in [1.165, 1.54) is 12.8 Å². The van der Waals surface area contributed by atoms with E-state index in [2.05, 4.69) is 11.4 Å². The molecule has 0 bridgehead atoms. The van der Waals surface area contributed by atoms with Gasteiger partial charge in [0, 0.05) is 32.4 Å². The molecule has 0 amide bonds. The molecule has 1 aliphatic rings. The fraction of sp³-hybridized carbons (Fsp3) is 0.643. The molecule has 0 radical (unpaired) electrons. The maximum Gasteiger partial charge on any atom is 0.120 e. The van der Waals surface area contributed by atoms with Crippen molar-refractivity contribution in [2.45, 2.75) is 38.3 Å². The monoisotopic (exact) mass is 247 g/mol. The number of nitrogens with one attached hydrogen (secondary N) is 1. The van der Waals surface area contributed by atoms with Gasteiger partial charge in [0.1, 0.15) is 11.8 Å². The number of aryl methyl sites for hydroxylation is 1. The Morgan fingerprint density at radius 3 is 2.94 bits per heavy atom. The van der Waals surface area contributed by atoms with Gasteiger partial charge in [-0.05, 0) is 30.4 Å². The second kappa shape index (κ2) is 6.03. The van der Waals surface area contributed by atoms with Crippen LogP contribution in [-0.4, -0.2) is 22.3 Å². The largest absolute Gasteiger partial charge is 0.396 e. The van der Waals surface area contributed by atoms with Gasteiger partial charge in [0.15, 0.2) is 0 Å². The molecule has 4 heteroatoms. The molecule has 1 aromatic rings. The van der Waals surface area contributed by atoms with Crippen LogP contribution in [0.5, 0.6) is 0 Å². The van der Waals surface area contributed by atoms with Crippen molar-refractivity contribution in [3.05, 3.63) is 23.5 Å². The smallest absolute Gasteiger partial charge is 0.120 e. The Labute approximate surface area is 108 Å². The Morgan fingerprint density at radius 2 is 2.28 bits per heavy atom. The molecule has 0 aromatic carbocycles. The summed E-state index contributed by atoms with van der Waals surface area (Å²) in [6.07, 6.45) is 6.72. The minimum Gasteiger partial charge on any atom is -0.396 e. The summed E-state index contributed by atoms with van der Waals surface area (Å²) in [5, 5.41) is 21.8. The van der Waals surface area contributed by atoms with Gasteiger partial charge in [0.2, 0.25) is 0 Å². The van der Waals surface area contributed by atoms with Gasteiger partial charge in [0.25, 0.3) is 0 Å².